The number of nitrogens with zero attached hydrogens (tertiary/aromatic N) is 1. The first-order valence-corrected chi connectivity index (χ1v) is 5.97. The van der Waals surface area contributed by atoms with Gasteiger partial charge in [0.1, 0.15) is 5.88 Å². The Morgan fingerprint density at radius 1 is 1.46 bits per heavy atom. The predicted octanol–water partition coefficient (Wildman–Crippen LogP) is -0.853. The summed E-state index contributed by atoms with van der Waals surface area (Å²) in [5, 5.41) is 8.72. The van der Waals surface area contributed by atoms with Gasteiger partial charge in [0.25, 0.3) is 0 Å². The van der Waals surface area contributed by atoms with E-state index in [0.717, 1.165) is 0 Å². The van der Waals surface area contributed by atoms with Crippen LogP contribution in [0.4, 0.5) is 0 Å². The van der Waals surface area contributed by atoms with Crippen molar-refractivity contribution >= 4 is 15.8 Å². The summed E-state index contributed by atoms with van der Waals surface area (Å²) >= 11 is 0. The van der Waals surface area contributed by atoms with Crippen LogP contribution < -0.4 is 0 Å². The van der Waals surface area contributed by atoms with Gasteiger partial charge >= 0.3 is 5.97 Å². The van der Waals surface area contributed by atoms with Gasteiger partial charge in [0.2, 0.25) is 0 Å². The summed E-state index contributed by atoms with van der Waals surface area (Å²) in [5.41, 5.74) is 0. The van der Waals surface area contributed by atoms with Crippen molar-refractivity contribution < 1.29 is 18.3 Å². The second kappa shape index (κ2) is 2.68. The highest BCUT2D eigenvalue weighted by molar-refractivity contribution is 7.91. The minimum Gasteiger partial charge on any atom is -0.481 e. The molecule has 0 bridgehead atoms. The first-order valence-electron chi connectivity index (χ1n) is 4.15. The molecule has 5 nitrogen and oxygen atoms in total. The van der Waals surface area contributed by atoms with Crippen LogP contribution in [0.1, 0.15) is 6.42 Å². The van der Waals surface area contributed by atoms with Crippen molar-refractivity contribution in [1.29, 1.82) is 0 Å². The monoisotopic (exact) mass is 205 g/mol. The van der Waals surface area contributed by atoms with Crippen molar-refractivity contribution in [2.75, 3.05) is 18.2 Å². The Balaban J connectivity index is 2.09. The Kier molecular flexibility index (Phi) is 1.85. The Morgan fingerprint density at radius 3 is 2.69 bits per heavy atom. The van der Waals surface area contributed by atoms with Gasteiger partial charge in [-0.05, 0) is 6.42 Å². The van der Waals surface area contributed by atoms with E-state index in [1.165, 1.54) is 0 Å². The molecule has 13 heavy (non-hydrogen) atoms. The molecule has 0 aromatic heterocycles. The molecule has 0 aromatic rings. The van der Waals surface area contributed by atoms with Crippen LogP contribution in [0.15, 0.2) is 0 Å². The van der Waals surface area contributed by atoms with Gasteiger partial charge < -0.3 is 5.11 Å². The molecular formula is C7H11NO4S. The van der Waals surface area contributed by atoms with E-state index in [4.69, 9.17) is 5.11 Å². The normalized spacial score (nSPS) is 37.5. The van der Waals surface area contributed by atoms with Gasteiger partial charge in [0.15, 0.2) is 9.84 Å². The molecule has 0 unspecified atom stereocenters. The van der Waals surface area contributed by atoms with Crippen molar-refractivity contribution in [2.24, 2.45) is 5.92 Å². The van der Waals surface area contributed by atoms with Crippen LogP contribution in [-0.4, -0.2) is 48.6 Å². The highest BCUT2D eigenvalue weighted by atomic mass is 32.2. The second-order valence-corrected chi connectivity index (χ2v) is 5.81. The maximum absolute atomic E-state index is 11.1. The molecule has 0 radical (unpaired) electrons. The lowest BCUT2D eigenvalue weighted by Gasteiger charge is -2.09. The molecule has 2 saturated heterocycles. The molecule has 2 rings (SSSR count). The number of hydrogen-bond acceptors (Lipinski definition) is 4. The summed E-state index contributed by atoms with van der Waals surface area (Å²) < 4.78 is 22.3. The summed E-state index contributed by atoms with van der Waals surface area (Å²) in [6.45, 7) is 0.388. The lowest BCUT2D eigenvalue weighted by molar-refractivity contribution is -0.141. The van der Waals surface area contributed by atoms with Gasteiger partial charge in [-0.1, -0.05) is 0 Å². The highest BCUT2D eigenvalue weighted by Crippen LogP contribution is 2.29. The fraction of sp³-hybridized carbons (Fsp3) is 0.857. The van der Waals surface area contributed by atoms with Crippen LogP contribution in [0.25, 0.3) is 0 Å². The fourth-order valence-electron chi connectivity index (χ4n) is 2.09. The Bertz CT molecular complexity index is 316. The highest BCUT2D eigenvalue weighted by Gasteiger charge is 2.44. The van der Waals surface area contributed by atoms with Crippen LogP contribution in [-0.2, 0) is 14.6 Å². The summed E-state index contributed by atoms with van der Waals surface area (Å²) in [4.78, 5) is 12.4. The molecule has 74 valence electrons. The van der Waals surface area contributed by atoms with Crippen LogP contribution in [0, 0.1) is 5.92 Å². The molecular weight excluding hydrogens is 194 g/mol. The quantitative estimate of drug-likeness (QED) is 0.603. The first-order chi connectivity index (χ1) is 5.98. The van der Waals surface area contributed by atoms with Gasteiger partial charge in [0, 0.05) is 12.6 Å². The van der Waals surface area contributed by atoms with Crippen molar-refractivity contribution in [2.45, 2.75) is 12.5 Å². The minimum atomic E-state index is -2.92. The number of fused-ring (bicyclic) bond motifs is 1. The van der Waals surface area contributed by atoms with E-state index < -0.39 is 15.8 Å². The zero-order chi connectivity index (χ0) is 9.64. The summed E-state index contributed by atoms with van der Waals surface area (Å²) in [6, 6.07) is -0.0499. The maximum atomic E-state index is 11.1. The van der Waals surface area contributed by atoms with E-state index in [9.17, 15) is 13.2 Å². The number of carboxylic acid groups (broad SMARTS) is 1. The first kappa shape index (κ1) is 8.96. The number of carbonyl (C=O) groups is 1. The van der Waals surface area contributed by atoms with Crippen LogP contribution in [0.3, 0.4) is 0 Å². The molecule has 2 heterocycles. The third-order valence-electron chi connectivity index (χ3n) is 2.69. The largest absolute Gasteiger partial charge is 0.481 e. The van der Waals surface area contributed by atoms with E-state index in [1.54, 1.807) is 4.90 Å². The van der Waals surface area contributed by atoms with E-state index in [1.807, 2.05) is 0 Å². The lowest BCUT2D eigenvalue weighted by Crippen LogP contribution is -2.25. The molecule has 0 amide bonds. The van der Waals surface area contributed by atoms with Gasteiger partial charge in [-0.2, -0.15) is 0 Å². The molecule has 0 aliphatic carbocycles. The fourth-order valence-corrected chi connectivity index (χ4v) is 3.95. The molecule has 2 atom stereocenters. The minimum absolute atomic E-state index is 0.0431. The standard InChI is InChI=1S/C7H11NO4S/c9-7(10)5-1-6-3-13(11,12)4-8(6)2-5/h5-6H,1-4H2,(H,9,10)/t5-,6-/m1/s1. The molecule has 6 heteroatoms. The molecule has 2 aliphatic rings. The van der Waals surface area contributed by atoms with Crippen molar-refractivity contribution in [3.8, 4) is 0 Å². The Hall–Kier alpha value is -0.620. The summed E-state index contributed by atoms with van der Waals surface area (Å²) in [6.07, 6.45) is 0.481. The Labute approximate surface area is 76.3 Å². The SMILES string of the molecule is O=C(O)[C@@H]1C[C@@H]2CS(=O)(=O)CN2C1. The summed E-state index contributed by atoms with van der Waals surface area (Å²) in [7, 11) is -2.92. The Morgan fingerprint density at radius 2 is 2.15 bits per heavy atom. The number of hydrogen-bond donors (Lipinski definition) is 1. The zero-order valence-electron chi connectivity index (χ0n) is 7.01. The van der Waals surface area contributed by atoms with Crippen molar-refractivity contribution in [1.82, 2.24) is 4.90 Å². The molecule has 2 fully saturated rings. The molecule has 0 saturated carbocycles. The predicted molar refractivity (Wildman–Crippen MR) is 44.9 cm³/mol. The maximum Gasteiger partial charge on any atom is 0.307 e. The third-order valence-corrected chi connectivity index (χ3v) is 4.30. The average molecular weight is 205 g/mol. The van der Waals surface area contributed by atoms with Gasteiger partial charge in [-0.25, -0.2) is 8.42 Å². The smallest absolute Gasteiger partial charge is 0.307 e. The van der Waals surface area contributed by atoms with Crippen molar-refractivity contribution in [3.63, 3.8) is 0 Å². The van der Waals surface area contributed by atoms with Crippen molar-refractivity contribution in [3.05, 3.63) is 0 Å². The van der Waals surface area contributed by atoms with Gasteiger partial charge in [-0.15, -0.1) is 0 Å². The van der Waals surface area contributed by atoms with E-state index in [0.29, 0.717) is 13.0 Å². The lowest BCUT2D eigenvalue weighted by atomic mass is 10.1. The molecule has 0 spiro atoms. The second-order valence-electron chi connectivity index (χ2n) is 3.74. The third kappa shape index (κ3) is 1.55. The van der Waals surface area contributed by atoms with Crippen LogP contribution in [0.2, 0.25) is 0 Å². The number of aliphatic carboxylic acids is 1. The van der Waals surface area contributed by atoms with E-state index >= 15 is 0 Å². The van der Waals surface area contributed by atoms with E-state index in [-0.39, 0.29) is 23.6 Å². The topological polar surface area (TPSA) is 74.7 Å². The van der Waals surface area contributed by atoms with Gasteiger partial charge in [0.05, 0.1) is 11.7 Å². The summed E-state index contributed by atoms with van der Waals surface area (Å²) in [5.74, 6) is -1.01. The van der Waals surface area contributed by atoms with E-state index in [2.05, 4.69) is 0 Å². The average Bonchev–Trinajstić information content (AvgIpc) is 2.39. The number of sulfone groups is 1. The van der Waals surface area contributed by atoms with Crippen LogP contribution in [0.5, 0.6) is 0 Å². The van der Waals surface area contributed by atoms with Gasteiger partial charge in [-0.3, -0.25) is 9.69 Å². The number of rotatable bonds is 1. The molecule has 2 aliphatic heterocycles. The number of carboxylic acids is 1. The molecule has 1 N–H and O–H groups in total. The molecule has 0 aromatic carbocycles. The zero-order valence-corrected chi connectivity index (χ0v) is 7.83. The van der Waals surface area contributed by atoms with Crippen LogP contribution >= 0.6 is 0 Å².